The molecule has 2 N–H and O–H groups in total. The maximum Gasteiger partial charge on any atom is 0.335 e. The molecule has 106 valence electrons. The number of carbonyl (C=O) groups is 1. The molecular weight excluding hydrogens is 324 g/mol. The molecule has 1 aromatic carbocycles. The van der Waals surface area contributed by atoms with Crippen molar-refractivity contribution in [1.29, 1.82) is 0 Å². The highest BCUT2D eigenvalue weighted by molar-refractivity contribution is 9.10. The van der Waals surface area contributed by atoms with Gasteiger partial charge in [0.2, 0.25) is 0 Å². The van der Waals surface area contributed by atoms with E-state index in [2.05, 4.69) is 15.9 Å². The highest BCUT2D eigenvalue weighted by Gasteiger charge is 2.13. The summed E-state index contributed by atoms with van der Waals surface area (Å²) in [5, 5.41) is 17.8. The number of hydrogen-bond donors (Lipinski definition) is 2. The number of aromatic carboxylic acids is 1. The van der Waals surface area contributed by atoms with Gasteiger partial charge < -0.3 is 10.2 Å². The van der Waals surface area contributed by atoms with Crippen LogP contribution in [0.15, 0.2) is 22.7 Å². The first-order chi connectivity index (χ1) is 8.92. The number of aliphatic hydroxyl groups excluding tert-OH is 1. The molecule has 1 aromatic rings. The maximum absolute atomic E-state index is 12.4. The zero-order valence-corrected chi connectivity index (χ0v) is 11.6. The molecule has 1 rings (SSSR count). The van der Waals surface area contributed by atoms with Gasteiger partial charge in [-0.05, 0) is 23.8 Å². The fraction of sp³-hybridized carbons (Fsp3) is 0.417. The van der Waals surface area contributed by atoms with Crippen molar-refractivity contribution in [3.8, 4) is 0 Å². The molecule has 0 aliphatic rings. The van der Waals surface area contributed by atoms with Crippen molar-refractivity contribution in [2.45, 2.75) is 13.0 Å². The second kappa shape index (κ2) is 7.52. The molecule has 4 nitrogen and oxygen atoms in total. The molecule has 0 heterocycles. The summed E-state index contributed by atoms with van der Waals surface area (Å²) >= 11 is 3.18. The Hall–Kier alpha value is -1.05. The number of benzene rings is 1. The van der Waals surface area contributed by atoms with E-state index in [0.717, 1.165) is 0 Å². The van der Waals surface area contributed by atoms with E-state index in [4.69, 9.17) is 10.2 Å². The zero-order valence-electron chi connectivity index (χ0n) is 10.0. The van der Waals surface area contributed by atoms with Crippen LogP contribution in [0.3, 0.4) is 0 Å². The number of alkyl halides is 2. The minimum atomic E-state index is -2.50. The predicted octanol–water partition coefficient (Wildman–Crippen LogP) is 2.21. The number of carboxylic acid groups (broad SMARTS) is 1. The van der Waals surface area contributed by atoms with Gasteiger partial charge in [-0.2, -0.15) is 0 Å². The Bertz CT molecular complexity index is 443. The first kappa shape index (κ1) is 16.0. The van der Waals surface area contributed by atoms with E-state index in [-0.39, 0.29) is 25.3 Å². The molecule has 0 aliphatic carbocycles. The van der Waals surface area contributed by atoms with Gasteiger partial charge in [0.1, 0.15) is 0 Å². The fourth-order valence-corrected chi connectivity index (χ4v) is 2.24. The molecule has 0 fully saturated rings. The van der Waals surface area contributed by atoms with Gasteiger partial charge in [0.05, 0.1) is 18.7 Å². The molecule has 0 bridgehead atoms. The molecule has 0 saturated heterocycles. The zero-order chi connectivity index (χ0) is 14.4. The largest absolute Gasteiger partial charge is 0.478 e. The first-order valence-electron chi connectivity index (χ1n) is 5.56. The van der Waals surface area contributed by atoms with Crippen LogP contribution in [0.2, 0.25) is 0 Å². The lowest BCUT2D eigenvalue weighted by Crippen LogP contribution is -2.31. The van der Waals surface area contributed by atoms with Gasteiger partial charge in [0.15, 0.2) is 0 Å². The van der Waals surface area contributed by atoms with Gasteiger partial charge in [-0.1, -0.05) is 15.9 Å². The molecule has 0 aromatic heterocycles. The Morgan fingerprint density at radius 1 is 1.37 bits per heavy atom. The molecule has 0 aliphatic heterocycles. The molecule has 0 saturated carbocycles. The molecule has 7 heteroatoms. The number of aliphatic hydroxyl groups is 1. The summed E-state index contributed by atoms with van der Waals surface area (Å²) in [5.74, 6) is -1.08. The van der Waals surface area contributed by atoms with Gasteiger partial charge in [-0.15, -0.1) is 0 Å². The summed E-state index contributed by atoms with van der Waals surface area (Å²) in [6.07, 6.45) is -2.50. The predicted molar refractivity (Wildman–Crippen MR) is 69.5 cm³/mol. The van der Waals surface area contributed by atoms with Crippen LogP contribution >= 0.6 is 15.9 Å². The number of nitrogens with zero attached hydrogens (tertiary/aromatic N) is 1. The Kier molecular flexibility index (Phi) is 6.33. The van der Waals surface area contributed by atoms with Crippen LogP contribution in [-0.2, 0) is 6.54 Å². The minimum absolute atomic E-state index is 0.0883. The standard InChI is InChI=1S/C12H14BrF2NO3/c13-10-4-8(3-9(5-10)12(18)19)6-16(1-2-17)7-11(14)15/h3-5,11,17H,1-2,6-7H2,(H,18,19). The molecule has 0 amide bonds. The van der Waals surface area contributed by atoms with Crippen LogP contribution in [0, 0.1) is 0 Å². The van der Waals surface area contributed by atoms with Crippen LogP contribution in [0.1, 0.15) is 15.9 Å². The number of carboxylic acids is 1. The van der Waals surface area contributed by atoms with Crippen molar-refractivity contribution in [3.63, 3.8) is 0 Å². The Balaban J connectivity index is 2.86. The number of halogens is 3. The van der Waals surface area contributed by atoms with Gasteiger partial charge in [-0.25, -0.2) is 13.6 Å². The van der Waals surface area contributed by atoms with Crippen molar-refractivity contribution in [1.82, 2.24) is 4.90 Å². The highest BCUT2D eigenvalue weighted by atomic mass is 79.9. The summed E-state index contributed by atoms with van der Waals surface area (Å²) in [4.78, 5) is 12.3. The maximum atomic E-state index is 12.4. The quantitative estimate of drug-likeness (QED) is 0.800. The fourth-order valence-electron chi connectivity index (χ4n) is 1.69. The van der Waals surface area contributed by atoms with Crippen LogP contribution in [-0.4, -0.2) is 47.2 Å². The van der Waals surface area contributed by atoms with E-state index >= 15 is 0 Å². The third-order valence-electron chi connectivity index (χ3n) is 2.42. The van der Waals surface area contributed by atoms with Gasteiger partial charge in [-0.3, -0.25) is 4.90 Å². The van der Waals surface area contributed by atoms with Crippen molar-refractivity contribution >= 4 is 21.9 Å². The molecule has 0 spiro atoms. The first-order valence-corrected chi connectivity index (χ1v) is 6.35. The topological polar surface area (TPSA) is 60.8 Å². The van der Waals surface area contributed by atoms with Crippen LogP contribution in [0.4, 0.5) is 8.78 Å². The SMILES string of the molecule is O=C(O)c1cc(Br)cc(CN(CCO)CC(F)F)c1. The van der Waals surface area contributed by atoms with E-state index in [0.29, 0.717) is 10.0 Å². The molecule has 0 unspecified atom stereocenters. The van der Waals surface area contributed by atoms with Crippen LogP contribution < -0.4 is 0 Å². The van der Waals surface area contributed by atoms with Crippen LogP contribution in [0.25, 0.3) is 0 Å². The van der Waals surface area contributed by atoms with Crippen LogP contribution in [0.5, 0.6) is 0 Å². The summed E-state index contributed by atoms with van der Waals surface area (Å²) in [6.45, 7) is -0.425. The van der Waals surface area contributed by atoms with E-state index in [1.807, 2.05) is 0 Å². The molecule has 19 heavy (non-hydrogen) atoms. The van der Waals surface area contributed by atoms with Crippen molar-refractivity contribution in [2.24, 2.45) is 0 Å². The summed E-state index contributed by atoms with van der Waals surface area (Å²) in [6, 6.07) is 4.54. The Labute approximate surface area is 117 Å². The average Bonchev–Trinajstić information content (AvgIpc) is 2.27. The monoisotopic (exact) mass is 337 g/mol. The summed E-state index contributed by atoms with van der Waals surface area (Å²) in [7, 11) is 0. The van der Waals surface area contributed by atoms with E-state index in [1.54, 1.807) is 6.07 Å². The lowest BCUT2D eigenvalue weighted by Gasteiger charge is -2.21. The lowest BCUT2D eigenvalue weighted by atomic mass is 10.1. The summed E-state index contributed by atoms with van der Waals surface area (Å²) < 4.78 is 25.3. The Morgan fingerprint density at radius 3 is 2.58 bits per heavy atom. The van der Waals surface area contributed by atoms with Gasteiger partial charge in [0.25, 0.3) is 6.43 Å². The third-order valence-corrected chi connectivity index (χ3v) is 2.88. The summed E-state index contributed by atoms with van der Waals surface area (Å²) in [5.41, 5.74) is 0.686. The van der Waals surface area contributed by atoms with Crippen molar-refractivity contribution in [2.75, 3.05) is 19.7 Å². The van der Waals surface area contributed by atoms with Crippen molar-refractivity contribution < 1.29 is 23.8 Å². The second-order valence-electron chi connectivity index (χ2n) is 4.00. The van der Waals surface area contributed by atoms with Crippen molar-refractivity contribution in [3.05, 3.63) is 33.8 Å². The second-order valence-corrected chi connectivity index (χ2v) is 4.92. The third kappa shape index (κ3) is 5.63. The normalized spacial score (nSPS) is 11.3. The van der Waals surface area contributed by atoms with E-state index in [1.165, 1.54) is 17.0 Å². The average molecular weight is 338 g/mol. The lowest BCUT2D eigenvalue weighted by molar-refractivity contribution is 0.0691. The molecule has 0 atom stereocenters. The minimum Gasteiger partial charge on any atom is -0.478 e. The highest BCUT2D eigenvalue weighted by Crippen LogP contribution is 2.18. The van der Waals surface area contributed by atoms with E-state index < -0.39 is 18.9 Å². The van der Waals surface area contributed by atoms with Gasteiger partial charge >= 0.3 is 5.97 Å². The van der Waals surface area contributed by atoms with Gasteiger partial charge in [0, 0.05) is 17.6 Å². The number of rotatable bonds is 7. The molecule has 0 radical (unpaired) electrons. The molecular formula is C12H14BrF2NO3. The Morgan fingerprint density at radius 2 is 2.05 bits per heavy atom. The smallest absolute Gasteiger partial charge is 0.335 e. The van der Waals surface area contributed by atoms with E-state index in [9.17, 15) is 13.6 Å². The number of hydrogen-bond acceptors (Lipinski definition) is 3.